The maximum Gasteiger partial charge on any atom is 0.191 e. The smallest absolute Gasteiger partial charge is 0.191 e. The van der Waals surface area contributed by atoms with Crippen molar-refractivity contribution in [2.75, 3.05) is 13.1 Å². The first-order valence-electron chi connectivity index (χ1n) is 8.55. The molecule has 2 aromatic heterocycles. The van der Waals surface area contributed by atoms with Crippen LogP contribution < -0.4 is 10.6 Å². The minimum atomic E-state index is -1.12. The number of aryl methyl sites for hydroxylation is 3. The van der Waals surface area contributed by atoms with E-state index in [2.05, 4.69) is 20.7 Å². The monoisotopic (exact) mass is 347 g/mol. The molecular weight excluding hydrogens is 318 g/mol. The van der Waals surface area contributed by atoms with Crippen LogP contribution in [-0.4, -0.2) is 33.9 Å². The average molecular weight is 347 g/mol. The molecule has 138 valence electrons. The molecule has 0 saturated heterocycles. The number of hydrogen-bond donors (Lipinski definition) is 3. The van der Waals surface area contributed by atoms with Crippen LogP contribution in [0.15, 0.2) is 21.5 Å². The molecule has 0 radical (unpaired) electrons. The lowest BCUT2D eigenvalue weighted by Crippen LogP contribution is -2.44. The number of guanidine groups is 1. The summed E-state index contributed by atoms with van der Waals surface area (Å²) in [6, 6.07) is 3.64. The summed E-state index contributed by atoms with van der Waals surface area (Å²) in [5.74, 6) is 1.96. The van der Waals surface area contributed by atoms with Crippen LogP contribution in [0.3, 0.4) is 0 Å². The van der Waals surface area contributed by atoms with Gasteiger partial charge >= 0.3 is 0 Å². The van der Waals surface area contributed by atoms with Gasteiger partial charge in [-0.05, 0) is 46.8 Å². The predicted octanol–water partition coefficient (Wildman–Crippen LogP) is 1.90. The summed E-state index contributed by atoms with van der Waals surface area (Å²) in [6.07, 6.45) is 0. The number of furan rings is 1. The molecule has 2 rings (SSSR count). The Balaban J connectivity index is 2.07. The Kier molecular flexibility index (Phi) is 5.89. The second kappa shape index (κ2) is 7.74. The molecule has 1 unspecified atom stereocenters. The van der Waals surface area contributed by atoms with Gasteiger partial charge in [-0.25, -0.2) is 4.99 Å². The lowest BCUT2D eigenvalue weighted by Gasteiger charge is -2.22. The SMILES string of the molecule is CCNC(=NCc1c(C)nn(C)c1C)NCC(C)(O)c1ccc(C)o1. The predicted molar refractivity (Wildman–Crippen MR) is 98.5 cm³/mol. The third kappa shape index (κ3) is 4.63. The zero-order valence-electron chi connectivity index (χ0n) is 16.0. The summed E-state index contributed by atoms with van der Waals surface area (Å²) >= 11 is 0. The molecule has 0 aromatic carbocycles. The number of nitrogens with one attached hydrogen (secondary N) is 2. The van der Waals surface area contributed by atoms with Crippen molar-refractivity contribution in [3.05, 3.63) is 40.6 Å². The first-order valence-corrected chi connectivity index (χ1v) is 8.55. The minimum absolute atomic E-state index is 0.288. The molecule has 0 fully saturated rings. The molecular formula is C18H29N5O2. The molecule has 7 heteroatoms. The van der Waals surface area contributed by atoms with E-state index >= 15 is 0 Å². The van der Waals surface area contributed by atoms with E-state index in [1.807, 2.05) is 45.5 Å². The zero-order chi connectivity index (χ0) is 18.6. The maximum absolute atomic E-state index is 10.6. The standard InChI is InChI=1S/C18H29N5O2/c1-7-19-17(20-10-15-13(3)22-23(6)14(15)4)21-11-18(5,24)16-9-8-12(2)25-16/h8-9,24H,7,10-11H2,1-6H3,(H2,19,20,21). The number of aliphatic imine (C=N–C) groups is 1. The highest BCUT2D eigenvalue weighted by atomic mass is 16.4. The zero-order valence-corrected chi connectivity index (χ0v) is 16.0. The Morgan fingerprint density at radius 1 is 1.32 bits per heavy atom. The van der Waals surface area contributed by atoms with Crippen LogP contribution in [0.5, 0.6) is 0 Å². The van der Waals surface area contributed by atoms with Crippen LogP contribution in [0.1, 0.15) is 42.3 Å². The highest BCUT2D eigenvalue weighted by Gasteiger charge is 2.27. The van der Waals surface area contributed by atoms with Crippen molar-refractivity contribution in [1.29, 1.82) is 0 Å². The molecule has 7 nitrogen and oxygen atoms in total. The van der Waals surface area contributed by atoms with E-state index in [0.29, 0.717) is 18.3 Å². The van der Waals surface area contributed by atoms with Crippen molar-refractivity contribution in [2.45, 2.75) is 46.8 Å². The molecule has 25 heavy (non-hydrogen) atoms. The highest BCUT2D eigenvalue weighted by molar-refractivity contribution is 5.79. The van der Waals surface area contributed by atoms with Crippen LogP contribution in [-0.2, 0) is 19.2 Å². The van der Waals surface area contributed by atoms with Gasteiger partial charge in [0, 0.05) is 24.8 Å². The summed E-state index contributed by atoms with van der Waals surface area (Å²) in [6.45, 7) is 11.2. The van der Waals surface area contributed by atoms with Crippen LogP contribution in [0, 0.1) is 20.8 Å². The number of rotatable bonds is 6. The first-order chi connectivity index (χ1) is 11.7. The van der Waals surface area contributed by atoms with Gasteiger partial charge in [-0.2, -0.15) is 5.10 Å². The fraction of sp³-hybridized carbons (Fsp3) is 0.556. The van der Waals surface area contributed by atoms with E-state index in [-0.39, 0.29) is 6.54 Å². The van der Waals surface area contributed by atoms with Gasteiger partial charge in [0.15, 0.2) is 5.96 Å². The summed E-state index contributed by atoms with van der Waals surface area (Å²) in [7, 11) is 1.93. The Morgan fingerprint density at radius 3 is 2.56 bits per heavy atom. The molecule has 0 bridgehead atoms. The van der Waals surface area contributed by atoms with Crippen LogP contribution >= 0.6 is 0 Å². The van der Waals surface area contributed by atoms with E-state index in [0.717, 1.165) is 29.3 Å². The van der Waals surface area contributed by atoms with Crippen molar-refractivity contribution < 1.29 is 9.52 Å². The number of nitrogens with zero attached hydrogens (tertiary/aromatic N) is 3. The topological polar surface area (TPSA) is 87.6 Å². The van der Waals surface area contributed by atoms with Gasteiger partial charge in [-0.15, -0.1) is 0 Å². The average Bonchev–Trinajstić information content (AvgIpc) is 3.08. The fourth-order valence-electron chi connectivity index (χ4n) is 2.61. The second-order valence-corrected chi connectivity index (χ2v) is 6.51. The van der Waals surface area contributed by atoms with E-state index < -0.39 is 5.60 Å². The molecule has 0 saturated carbocycles. The van der Waals surface area contributed by atoms with Crippen molar-refractivity contribution in [3.8, 4) is 0 Å². The summed E-state index contributed by atoms with van der Waals surface area (Å²) < 4.78 is 7.41. The van der Waals surface area contributed by atoms with Gasteiger partial charge in [0.1, 0.15) is 17.1 Å². The van der Waals surface area contributed by atoms with E-state index in [1.165, 1.54) is 0 Å². The van der Waals surface area contributed by atoms with Gasteiger partial charge in [-0.3, -0.25) is 4.68 Å². The third-order valence-corrected chi connectivity index (χ3v) is 4.27. The first kappa shape index (κ1) is 19.1. The molecule has 0 aliphatic carbocycles. The van der Waals surface area contributed by atoms with E-state index in [4.69, 9.17) is 4.42 Å². The highest BCUT2D eigenvalue weighted by Crippen LogP contribution is 2.21. The molecule has 2 heterocycles. The molecule has 0 aliphatic rings. The fourth-order valence-corrected chi connectivity index (χ4v) is 2.61. The van der Waals surface area contributed by atoms with Crippen molar-refractivity contribution >= 4 is 5.96 Å². The normalized spacial score (nSPS) is 14.4. The molecule has 2 aromatic rings. The minimum Gasteiger partial charge on any atom is -0.463 e. The Bertz CT molecular complexity index is 743. The molecule has 0 amide bonds. The second-order valence-electron chi connectivity index (χ2n) is 6.51. The molecule has 0 spiro atoms. The van der Waals surface area contributed by atoms with Crippen molar-refractivity contribution in [3.63, 3.8) is 0 Å². The van der Waals surface area contributed by atoms with E-state index in [9.17, 15) is 5.11 Å². The van der Waals surface area contributed by atoms with Gasteiger partial charge in [0.05, 0.1) is 18.8 Å². The summed E-state index contributed by atoms with van der Waals surface area (Å²) in [5, 5.41) is 21.4. The number of aromatic nitrogens is 2. The number of hydrogen-bond acceptors (Lipinski definition) is 4. The number of aliphatic hydroxyl groups is 1. The lowest BCUT2D eigenvalue weighted by molar-refractivity contribution is 0.0378. The van der Waals surface area contributed by atoms with Gasteiger partial charge in [-0.1, -0.05) is 0 Å². The quantitative estimate of drug-likeness (QED) is 0.549. The van der Waals surface area contributed by atoms with E-state index in [1.54, 1.807) is 13.0 Å². The lowest BCUT2D eigenvalue weighted by atomic mass is 10.0. The van der Waals surface area contributed by atoms with Crippen LogP contribution in [0.25, 0.3) is 0 Å². The van der Waals surface area contributed by atoms with Gasteiger partial charge in [0.2, 0.25) is 0 Å². The maximum atomic E-state index is 10.6. The van der Waals surface area contributed by atoms with Crippen molar-refractivity contribution in [2.24, 2.45) is 12.0 Å². The Labute approximate surface area is 149 Å². The molecule has 3 N–H and O–H groups in total. The third-order valence-electron chi connectivity index (χ3n) is 4.27. The molecule has 0 aliphatic heterocycles. The largest absolute Gasteiger partial charge is 0.463 e. The Morgan fingerprint density at radius 2 is 2.04 bits per heavy atom. The van der Waals surface area contributed by atoms with Crippen LogP contribution in [0.4, 0.5) is 0 Å². The van der Waals surface area contributed by atoms with Crippen molar-refractivity contribution in [1.82, 2.24) is 20.4 Å². The summed E-state index contributed by atoms with van der Waals surface area (Å²) in [4.78, 5) is 4.62. The summed E-state index contributed by atoms with van der Waals surface area (Å²) in [5.41, 5.74) is 2.09. The molecule has 1 atom stereocenters. The van der Waals surface area contributed by atoms with Crippen LogP contribution in [0.2, 0.25) is 0 Å². The Hall–Kier alpha value is -2.28. The van der Waals surface area contributed by atoms with Gasteiger partial charge in [0.25, 0.3) is 0 Å². The van der Waals surface area contributed by atoms with Gasteiger partial charge < -0.3 is 20.2 Å².